The predicted molar refractivity (Wildman–Crippen MR) is 74.2 cm³/mol. The molecule has 0 saturated carbocycles. The molecule has 0 atom stereocenters. The number of ether oxygens (including phenoxy) is 1. The van der Waals surface area contributed by atoms with Gasteiger partial charge in [-0.2, -0.15) is 0 Å². The number of halogens is 2. The van der Waals surface area contributed by atoms with Crippen molar-refractivity contribution in [3.63, 3.8) is 0 Å². The Labute approximate surface area is 126 Å². The Bertz CT molecular complexity index is 734. The Morgan fingerprint density at radius 3 is 2.57 bits per heavy atom. The van der Waals surface area contributed by atoms with E-state index in [4.69, 9.17) is 9.84 Å². The lowest BCUT2D eigenvalue weighted by Gasteiger charge is -2.10. The second-order valence-electron chi connectivity index (χ2n) is 3.92. The zero-order valence-corrected chi connectivity index (χ0v) is 11.8. The Morgan fingerprint density at radius 1 is 1.24 bits per heavy atom. The number of nitro benzene ring substituents is 1. The molecule has 108 valence electrons. The van der Waals surface area contributed by atoms with Gasteiger partial charge in [-0.3, -0.25) is 10.1 Å². The van der Waals surface area contributed by atoms with Gasteiger partial charge in [0.2, 0.25) is 0 Å². The highest BCUT2D eigenvalue weighted by Crippen LogP contribution is 2.34. The van der Waals surface area contributed by atoms with E-state index >= 15 is 0 Å². The summed E-state index contributed by atoms with van der Waals surface area (Å²) in [5.41, 5.74) is -0.598. The van der Waals surface area contributed by atoms with Gasteiger partial charge in [0.15, 0.2) is 0 Å². The van der Waals surface area contributed by atoms with Crippen molar-refractivity contribution in [2.75, 3.05) is 0 Å². The number of hydrogen-bond acceptors (Lipinski definition) is 4. The van der Waals surface area contributed by atoms with Crippen LogP contribution < -0.4 is 4.74 Å². The van der Waals surface area contributed by atoms with Crippen LogP contribution in [0.15, 0.2) is 40.9 Å². The first kappa shape index (κ1) is 14.9. The summed E-state index contributed by atoms with van der Waals surface area (Å²) < 4.78 is 18.9. The number of hydrogen-bond donors (Lipinski definition) is 1. The van der Waals surface area contributed by atoms with Crippen molar-refractivity contribution >= 4 is 27.6 Å². The Balaban J connectivity index is 2.50. The van der Waals surface area contributed by atoms with Crippen LogP contribution >= 0.6 is 15.9 Å². The van der Waals surface area contributed by atoms with Gasteiger partial charge in [0, 0.05) is 12.1 Å². The van der Waals surface area contributed by atoms with Gasteiger partial charge in [-0.25, -0.2) is 9.18 Å². The number of rotatable bonds is 4. The molecule has 2 aromatic carbocycles. The molecule has 0 amide bonds. The molecular weight excluding hydrogens is 349 g/mol. The maximum Gasteiger partial charge on any atom is 0.339 e. The minimum Gasteiger partial charge on any atom is -0.478 e. The molecule has 0 aromatic heterocycles. The fourth-order valence-electron chi connectivity index (χ4n) is 1.56. The molecular formula is C13H7BrFNO5. The van der Waals surface area contributed by atoms with Crippen molar-refractivity contribution < 1.29 is 24.0 Å². The Hall–Kier alpha value is -2.48. The summed E-state index contributed by atoms with van der Waals surface area (Å²) in [6.07, 6.45) is 0. The zero-order chi connectivity index (χ0) is 15.6. The lowest BCUT2D eigenvalue weighted by atomic mass is 10.2. The van der Waals surface area contributed by atoms with E-state index < -0.39 is 16.7 Å². The van der Waals surface area contributed by atoms with Gasteiger partial charge in [0.05, 0.1) is 15.5 Å². The van der Waals surface area contributed by atoms with E-state index in [2.05, 4.69) is 15.9 Å². The zero-order valence-electron chi connectivity index (χ0n) is 10.2. The largest absolute Gasteiger partial charge is 0.478 e. The fourth-order valence-corrected chi connectivity index (χ4v) is 1.89. The van der Waals surface area contributed by atoms with E-state index in [0.717, 1.165) is 24.3 Å². The normalized spacial score (nSPS) is 10.2. The summed E-state index contributed by atoms with van der Waals surface area (Å²) in [7, 11) is 0. The van der Waals surface area contributed by atoms with Crippen molar-refractivity contribution in [2.24, 2.45) is 0 Å². The summed E-state index contributed by atoms with van der Waals surface area (Å²) in [5, 5.41) is 19.8. The molecule has 0 bridgehead atoms. The lowest BCUT2D eigenvalue weighted by molar-refractivity contribution is -0.384. The van der Waals surface area contributed by atoms with Crippen LogP contribution in [0.25, 0.3) is 0 Å². The average molecular weight is 356 g/mol. The molecule has 2 aromatic rings. The quantitative estimate of drug-likeness (QED) is 0.661. The second-order valence-corrected chi connectivity index (χ2v) is 4.77. The van der Waals surface area contributed by atoms with E-state index in [1.54, 1.807) is 0 Å². The standard InChI is InChI=1S/C13H7BrFNO5/c14-10-4-1-7(15)5-12(10)21-11-6-8(16(19)20)2-3-9(11)13(17)18/h1-6H,(H,17,18). The summed E-state index contributed by atoms with van der Waals surface area (Å²) in [5.74, 6) is -2.14. The van der Waals surface area contributed by atoms with Crippen LogP contribution in [0.2, 0.25) is 0 Å². The van der Waals surface area contributed by atoms with E-state index in [1.165, 1.54) is 12.1 Å². The molecule has 0 heterocycles. The monoisotopic (exact) mass is 355 g/mol. The van der Waals surface area contributed by atoms with Crippen molar-refractivity contribution in [1.82, 2.24) is 0 Å². The van der Waals surface area contributed by atoms with Crippen LogP contribution in [-0.4, -0.2) is 16.0 Å². The third-order valence-corrected chi connectivity index (χ3v) is 3.17. The number of carboxylic acids is 1. The second kappa shape index (κ2) is 5.88. The first-order valence-corrected chi connectivity index (χ1v) is 6.32. The number of benzene rings is 2. The molecule has 1 N–H and O–H groups in total. The number of nitrogens with zero attached hydrogens (tertiary/aromatic N) is 1. The maximum atomic E-state index is 13.2. The average Bonchev–Trinajstić information content (AvgIpc) is 2.42. The van der Waals surface area contributed by atoms with Gasteiger partial charge in [0.25, 0.3) is 5.69 Å². The molecule has 8 heteroatoms. The third-order valence-electron chi connectivity index (χ3n) is 2.52. The van der Waals surface area contributed by atoms with Gasteiger partial charge in [-0.1, -0.05) is 0 Å². The molecule has 0 aliphatic carbocycles. The molecule has 0 spiro atoms. The smallest absolute Gasteiger partial charge is 0.339 e. The summed E-state index contributed by atoms with van der Waals surface area (Å²) >= 11 is 3.12. The molecule has 21 heavy (non-hydrogen) atoms. The molecule has 6 nitrogen and oxygen atoms in total. The molecule has 2 rings (SSSR count). The van der Waals surface area contributed by atoms with Gasteiger partial charge in [-0.15, -0.1) is 0 Å². The van der Waals surface area contributed by atoms with Crippen molar-refractivity contribution in [2.45, 2.75) is 0 Å². The van der Waals surface area contributed by atoms with E-state index in [1.807, 2.05) is 0 Å². The molecule has 0 saturated heterocycles. The number of carboxylic acid groups (broad SMARTS) is 1. The predicted octanol–water partition coefficient (Wildman–Crippen LogP) is 3.99. The highest BCUT2D eigenvalue weighted by molar-refractivity contribution is 9.10. The minimum atomic E-state index is -1.31. The third kappa shape index (κ3) is 3.34. The SMILES string of the molecule is O=C(O)c1ccc([N+](=O)[O-])cc1Oc1cc(F)ccc1Br. The van der Waals surface area contributed by atoms with E-state index in [0.29, 0.717) is 4.47 Å². The number of nitro groups is 1. The van der Waals surface area contributed by atoms with Crippen molar-refractivity contribution in [1.29, 1.82) is 0 Å². The van der Waals surface area contributed by atoms with Crippen molar-refractivity contribution in [3.05, 3.63) is 62.4 Å². The van der Waals surface area contributed by atoms with Crippen LogP contribution in [0, 0.1) is 15.9 Å². The summed E-state index contributed by atoms with van der Waals surface area (Å²) in [6.45, 7) is 0. The van der Waals surface area contributed by atoms with Crippen LogP contribution in [0.3, 0.4) is 0 Å². The number of carbonyl (C=O) groups is 1. The highest BCUT2D eigenvalue weighted by Gasteiger charge is 2.18. The Morgan fingerprint density at radius 2 is 1.95 bits per heavy atom. The maximum absolute atomic E-state index is 13.2. The lowest BCUT2D eigenvalue weighted by Crippen LogP contribution is -2.01. The van der Waals surface area contributed by atoms with Crippen LogP contribution in [0.1, 0.15) is 10.4 Å². The van der Waals surface area contributed by atoms with Gasteiger partial charge < -0.3 is 9.84 Å². The fraction of sp³-hybridized carbons (Fsp3) is 0. The molecule has 0 aliphatic rings. The first-order valence-electron chi connectivity index (χ1n) is 5.53. The van der Waals surface area contributed by atoms with Gasteiger partial charge in [0.1, 0.15) is 22.9 Å². The van der Waals surface area contributed by atoms with Gasteiger partial charge >= 0.3 is 5.97 Å². The van der Waals surface area contributed by atoms with Crippen LogP contribution in [0.4, 0.5) is 10.1 Å². The van der Waals surface area contributed by atoms with Crippen LogP contribution in [-0.2, 0) is 0 Å². The first-order chi connectivity index (χ1) is 9.88. The Kier molecular flexibility index (Phi) is 4.18. The molecule has 0 fully saturated rings. The van der Waals surface area contributed by atoms with E-state index in [-0.39, 0.29) is 22.7 Å². The van der Waals surface area contributed by atoms with Crippen molar-refractivity contribution in [3.8, 4) is 11.5 Å². The highest BCUT2D eigenvalue weighted by atomic mass is 79.9. The molecule has 0 aliphatic heterocycles. The van der Waals surface area contributed by atoms with Crippen LogP contribution in [0.5, 0.6) is 11.5 Å². The number of aromatic carboxylic acids is 1. The van der Waals surface area contributed by atoms with Gasteiger partial charge in [-0.05, 0) is 34.1 Å². The minimum absolute atomic E-state index is 0.0120. The summed E-state index contributed by atoms with van der Waals surface area (Å²) in [4.78, 5) is 21.2. The van der Waals surface area contributed by atoms with E-state index in [9.17, 15) is 19.3 Å². The number of non-ortho nitro benzene ring substituents is 1. The summed E-state index contributed by atoms with van der Waals surface area (Å²) in [6, 6.07) is 6.68. The molecule has 0 radical (unpaired) electrons. The molecule has 0 unspecified atom stereocenters. The topological polar surface area (TPSA) is 89.7 Å².